The average molecular weight is 286 g/mol. The van der Waals surface area contributed by atoms with Crippen molar-refractivity contribution >= 4 is 15.9 Å². The standard InChI is InChI=1S/C13H20BrNO/c1-11(10-16)5-4-8-15-9-12-6-2-3-7-13(12)14/h2-3,6-7,11,15-16H,4-5,8-10H2,1H3. The zero-order valence-electron chi connectivity index (χ0n) is 9.75. The first-order valence-electron chi connectivity index (χ1n) is 5.79. The van der Waals surface area contributed by atoms with Crippen LogP contribution in [0.5, 0.6) is 0 Å². The summed E-state index contributed by atoms with van der Waals surface area (Å²) >= 11 is 3.53. The molecular formula is C13H20BrNO. The first kappa shape index (κ1) is 13.7. The van der Waals surface area contributed by atoms with E-state index in [0.29, 0.717) is 12.5 Å². The molecule has 0 bridgehead atoms. The van der Waals surface area contributed by atoms with E-state index >= 15 is 0 Å². The fourth-order valence-corrected chi connectivity index (χ4v) is 1.96. The lowest BCUT2D eigenvalue weighted by Crippen LogP contribution is -2.16. The van der Waals surface area contributed by atoms with E-state index in [0.717, 1.165) is 30.4 Å². The highest BCUT2D eigenvalue weighted by molar-refractivity contribution is 9.10. The minimum Gasteiger partial charge on any atom is -0.396 e. The second-order valence-corrected chi connectivity index (χ2v) is 5.05. The van der Waals surface area contributed by atoms with Crippen LogP contribution in [0.1, 0.15) is 25.3 Å². The Bertz CT molecular complexity index is 304. The fourth-order valence-electron chi connectivity index (χ4n) is 1.53. The molecule has 1 rings (SSSR count). The van der Waals surface area contributed by atoms with Crippen molar-refractivity contribution in [3.05, 3.63) is 34.3 Å². The normalized spacial score (nSPS) is 12.7. The van der Waals surface area contributed by atoms with Crippen LogP contribution in [0, 0.1) is 5.92 Å². The Morgan fingerprint density at radius 3 is 2.81 bits per heavy atom. The predicted octanol–water partition coefficient (Wildman–Crippen LogP) is 2.95. The van der Waals surface area contributed by atoms with Crippen LogP contribution in [0.2, 0.25) is 0 Å². The molecule has 0 aliphatic heterocycles. The number of aliphatic hydroxyl groups is 1. The van der Waals surface area contributed by atoms with E-state index in [2.05, 4.69) is 46.4 Å². The van der Waals surface area contributed by atoms with Crippen molar-refractivity contribution in [3.63, 3.8) is 0 Å². The van der Waals surface area contributed by atoms with Crippen molar-refractivity contribution < 1.29 is 5.11 Å². The average Bonchev–Trinajstić information content (AvgIpc) is 2.30. The van der Waals surface area contributed by atoms with Crippen LogP contribution in [0.25, 0.3) is 0 Å². The third kappa shape index (κ3) is 5.10. The van der Waals surface area contributed by atoms with E-state index in [1.54, 1.807) is 0 Å². The van der Waals surface area contributed by atoms with Crippen LogP contribution in [0.15, 0.2) is 28.7 Å². The predicted molar refractivity (Wildman–Crippen MR) is 71.3 cm³/mol. The minimum atomic E-state index is 0.296. The summed E-state index contributed by atoms with van der Waals surface area (Å²) in [6, 6.07) is 8.25. The Labute approximate surface area is 106 Å². The lowest BCUT2D eigenvalue weighted by molar-refractivity contribution is 0.228. The summed E-state index contributed by atoms with van der Waals surface area (Å²) in [5.74, 6) is 0.422. The number of hydrogen-bond acceptors (Lipinski definition) is 2. The van der Waals surface area contributed by atoms with Crippen molar-refractivity contribution in [1.29, 1.82) is 0 Å². The number of hydrogen-bond donors (Lipinski definition) is 2. The smallest absolute Gasteiger partial charge is 0.0456 e. The molecule has 90 valence electrons. The van der Waals surface area contributed by atoms with Crippen molar-refractivity contribution in [2.45, 2.75) is 26.3 Å². The molecule has 0 aliphatic carbocycles. The maximum absolute atomic E-state index is 8.88. The minimum absolute atomic E-state index is 0.296. The molecular weight excluding hydrogens is 266 g/mol. The van der Waals surface area contributed by atoms with E-state index in [4.69, 9.17) is 5.11 Å². The molecule has 0 radical (unpaired) electrons. The summed E-state index contributed by atoms with van der Waals surface area (Å²) < 4.78 is 1.16. The van der Waals surface area contributed by atoms with Gasteiger partial charge in [0.2, 0.25) is 0 Å². The Morgan fingerprint density at radius 1 is 1.38 bits per heavy atom. The summed E-state index contributed by atoms with van der Waals surface area (Å²) in [7, 11) is 0. The molecule has 0 saturated heterocycles. The lowest BCUT2D eigenvalue weighted by atomic mass is 10.1. The van der Waals surface area contributed by atoms with Gasteiger partial charge in [-0.25, -0.2) is 0 Å². The number of nitrogens with one attached hydrogen (secondary N) is 1. The van der Waals surface area contributed by atoms with Crippen LogP contribution in [0.4, 0.5) is 0 Å². The quantitative estimate of drug-likeness (QED) is 0.755. The maximum atomic E-state index is 8.88. The summed E-state index contributed by atoms with van der Waals surface area (Å²) in [6.45, 7) is 4.28. The van der Waals surface area contributed by atoms with Crippen LogP contribution in [-0.4, -0.2) is 18.3 Å². The largest absolute Gasteiger partial charge is 0.396 e. The molecule has 1 atom stereocenters. The summed E-state index contributed by atoms with van der Waals surface area (Å²) in [5, 5.41) is 12.3. The van der Waals surface area contributed by atoms with Crippen molar-refractivity contribution in [1.82, 2.24) is 5.32 Å². The van der Waals surface area contributed by atoms with Gasteiger partial charge in [-0.05, 0) is 36.9 Å². The molecule has 0 aromatic heterocycles. The number of aliphatic hydroxyl groups excluding tert-OH is 1. The van der Waals surface area contributed by atoms with Gasteiger partial charge in [0.1, 0.15) is 0 Å². The van der Waals surface area contributed by atoms with Gasteiger partial charge in [-0.2, -0.15) is 0 Å². The van der Waals surface area contributed by atoms with Gasteiger partial charge >= 0.3 is 0 Å². The molecule has 16 heavy (non-hydrogen) atoms. The molecule has 0 fully saturated rings. The monoisotopic (exact) mass is 285 g/mol. The molecule has 1 aromatic carbocycles. The molecule has 3 heteroatoms. The van der Waals surface area contributed by atoms with Gasteiger partial charge in [-0.1, -0.05) is 41.1 Å². The van der Waals surface area contributed by atoms with Gasteiger partial charge in [0.05, 0.1) is 0 Å². The van der Waals surface area contributed by atoms with Gasteiger partial charge < -0.3 is 10.4 Å². The second kappa shape index (κ2) is 7.82. The topological polar surface area (TPSA) is 32.3 Å². The zero-order valence-corrected chi connectivity index (χ0v) is 11.3. The SMILES string of the molecule is CC(CO)CCCNCc1ccccc1Br. The number of halogens is 1. The third-order valence-corrected chi connectivity index (χ3v) is 3.41. The Balaban J connectivity index is 2.14. The van der Waals surface area contributed by atoms with E-state index in [1.165, 1.54) is 5.56 Å². The Morgan fingerprint density at radius 2 is 2.12 bits per heavy atom. The van der Waals surface area contributed by atoms with Crippen LogP contribution >= 0.6 is 15.9 Å². The van der Waals surface area contributed by atoms with Crippen molar-refractivity contribution in [2.24, 2.45) is 5.92 Å². The van der Waals surface area contributed by atoms with Crippen LogP contribution < -0.4 is 5.32 Å². The van der Waals surface area contributed by atoms with Crippen LogP contribution in [-0.2, 0) is 6.54 Å². The van der Waals surface area contributed by atoms with Gasteiger partial charge in [-0.15, -0.1) is 0 Å². The summed E-state index contributed by atoms with van der Waals surface area (Å²) in [4.78, 5) is 0. The lowest BCUT2D eigenvalue weighted by Gasteiger charge is -2.09. The maximum Gasteiger partial charge on any atom is 0.0456 e. The molecule has 0 amide bonds. The molecule has 2 N–H and O–H groups in total. The van der Waals surface area contributed by atoms with E-state index in [1.807, 2.05) is 6.07 Å². The molecule has 0 heterocycles. The number of rotatable bonds is 7. The third-order valence-electron chi connectivity index (χ3n) is 2.64. The highest BCUT2D eigenvalue weighted by Gasteiger charge is 2.00. The Hall–Kier alpha value is -0.380. The molecule has 0 saturated carbocycles. The van der Waals surface area contributed by atoms with Gasteiger partial charge in [0.25, 0.3) is 0 Å². The molecule has 0 aliphatic rings. The van der Waals surface area contributed by atoms with Crippen molar-refractivity contribution in [2.75, 3.05) is 13.2 Å². The second-order valence-electron chi connectivity index (χ2n) is 4.20. The van der Waals surface area contributed by atoms with Crippen LogP contribution in [0.3, 0.4) is 0 Å². The van der Waals surface area contributed by atoms with Crippen molar-refractivity contribution in [3.8, 4) is 0 Å². The van der Waals surface area contributed by atoms with E-state index in [9.17, 15) is 0 Å². The molecule has 1 aromatic rings. The van der Waals surface area contributed by atoms with E-state index in [-0.39, 0.29) is 0 Å². The van der Waals surface area contributed by atoms with Gasteiger partial charge in [0, 0.05) is 17.6 Å². The first-order chi connectivity index (χ1) is 7.74. The fraction of sp³-hybridized carbons (Fsp3) is 0.538. The summed E-state index contributed by atoms with van der Waals surface area (Å²) in [5.41, 5.74) is 1.29. The Kier molecular flexibility index (Phi) is 6.69. The highest BCUT2D eigenvalue weighted by Crippen LogP contribution is 2.15. The first-order valence-corrected chi connectivity index (χ1v) is 6.58. The number of benzene rings is 1. The highest BCUT2D eigenvalue weighted by atomic mass is 79.9. The zero-order chi connectivity index (χ0) is 11.8. The molecule has 1 unspecified atom stereocenters. The molecule has 2 nitrogen and oxygen atoms in total. The van der Waals surface area contributed by atoms with Gasteiger partial charge in [-0.3, -0.25) is 0 Å². The molecule has 0 spiro atoms. The summed E-state index contributed by atoms with van der Waals surface area (Å²) in [6.07, 6.45) is 2.20. The van der Waals surface area contributed by atoms with Gasteiger partial charge in [0.15, 0.2) is 0 Å². The van der Waals surface area contributed by atoms with E-state index < -0.39 is 0 Å².